The number of fused-ring (bicyclic) bond motifs is 2. The van der Waals surface area contributed by atoms with Crippen LogP contribution in [0.25, 0.3) is 17.2 Å². The monoisotopic (exact) mass is 502 g/mol. The second-order valence-corrected chi connectivity index (χ2v) is 9.69. The average molecular weight is 503 g/mol. The van der Waals surface area contributed by atoms with Crippen LogP contribution in [0.15, 0.2) is 40.7 Å². The van der Waals surface area contributed by atoms with Gasteiger partial charge in [0, 0.05) is 28.3 Å². The third kappa shape index (κ3) is 3.78. The van der Waals surface area contributed by atoms with Crippen LogP contribution >= 0.6 is 23.5 Å². The second kappa shape index (κ2) is 8.38. The van der Waals surface area contributed by atoms with Crippen molar-refractivity contribution in [3.8, 4) is 22.9 Å². The number of thioether (sulfide) groups is 2. The van der Waals surface area contributed by atoms with E-state index in [9.17, 15) is 24.9 Å². The van der Waals surface area contributed by atoms with Crippen LogP contribution in [0.4, 0.5) is 4.79 Å². The van der Waals surface area contributed by atoms with E-state index in [1.165, 1.54) is 40.6 Å². The number of aromatic nitrogens is 4. The second-order valence-electron chi connectivity index (χ2n) is 7.59. The highest BCUT2D eigenvalue weighted by atomic mass is 32.2. The Bertz CT molecular complexity index is 1380. The van der Waals surface area contributed by atoms with Crippen molar-refractivity contribution in [2.75, 3.05) is 11.5 Å². The highest BCUT2D eigenvalue weighted by Crippen LogP contribution is 2.41. The Morgan fingerprint density at radius 3 is 2.82 bits per heavy atom. The van der Waals surface area contributed by atoms with Gasteiger partial charge in [0.15, 0.2) is 17.3 Å². The van der Waals surface area contributed by atoms with Crippen LogP contribution in [-0.4, -0.2) is 74.8 Å². The molecule has 0 saturated carbocycles. The number of carbonyl (C=O) groups excluding carboxylic acids is 1. The summed E-state index contributed by atoms with van der Waals surface area (Å²) in [5.41, 5.74) is 7.66. The van der Waals surface area contributed by atoms with Crippen molar-refractivity contribution in [1.82, 2.24) is 24.5 Å². The highest BCUT2D eigenvalue weighted by molar-refractivity contribution is 8.01. The number of carboxylic acid groups (broad SMARTS) is 1. The number of rotatable bonds is 5. The predicted molar refractivity (Wildman–Crippen MR) is 122 cm³/mol. The number of benzene rings is 1. The number of phenols is 2. The molecule has 176 valence electrons. The normalized spacial score (nSPS) is 19.8. The zero-order valence-electron chi connectivity index (χ0n) is 17.6. The van der Waals surface area contributed by atoms with Crippen molar-refractivity contribution in [1.29, 1.82) is 0 Å². The lowest BCUT2D eigenvalue weighted by Crippen LogP contribution is -2.68. The van der Waals surface area contributed by atoms with E-state index in [1.54, 1.807) is 10.6 Å². The van der Waals surface area contributed by atoms with Gasteiger partial charge < -0.3 is 25.8 Å². The molecule has 34 heavy (non-hydrogen) atoms. The van der Waals surface area contributed by atoms with Crippen molar-refractivity contribution >= 4 is 41.4 Å². The maximum Gasteiger partial charge on any atom is 0.512 e. The fourth-order valence-corrected chi connectivity index (χ4v) is 6.05. The van der Waals surface area contributed by atoms with Crippen molar-refractivity contribution < 1.29 is 29.6 Å². The van der Waals surface area contributed by atoms with E-state index in [1.807, 2.05) is 13.0 Å². The van der Waals surface area contributed by atoms with Gasteiger partial charge in [-0.15, -0.1) is 28.6 Å². The molecule has 3 aromatic rings. The van der Waals surface area contributed by atoms with Gasteiger partial charge in [-0.25, -0.2) is 9.78 Å². The van der Waals surface area contributed by atoms with Crippen molar-refractivity contribution in [2.45, 2.75) is 23.4 Å². The van der Waals surface area contributed by atoms with Crippen LogP contribution in [0.5, 0.6) is 11.5 Å². The van der Waals surface area contributed by atoms with Gasteiger partial charge >= 0.3 is 6.16 Å². The minimum Gasteiger partial charge on any atom is -0.504 e. The Labute approximate surface area is 200 Å². The number of phenolic OH excluding ortho intramolecular Hbond substituents is 2. The molecule has 2 aliphatic rings. The Balaban J connectivity index is 1.47. The summed E-state index contributed by atoms with van der Waals surface area (Å²) in [7, 11) is 0. The first kappa shape index (κ1) is 22.3. The molecule has 1 aromatic carbocycles. The number of aryl methyl sites for hydroxylation is 1. The molecule has 2 aliphatic heterocycles. The lowest BCUT2D eigenvalue weighted by Gasteiger charge is -2.47. The number of hydrogen-bond donors (Lipinski definition) is 4. The molecule has 12 nitrogen and oxygen atoms in total. The van der Waals surface area contributed by atoms with Gasteiger partial charge in [0.05, 0.1) is 0 Å². The third-order valence-electron chi connectivity index (χ3n) is 5.25. The molecule has 0 spiro atoms. The fraction of sp³-hybridized carbons (Fsp3) is 0.250. The quantitative estimate of drug-likeness (QED) is 0.131. The number of nitrogens with zero attached hydrogens (tertiary/aromatic N) is 5. The largest absolute Gasteiger partial charge is 0.512 e. The number of β-lactam (4-membered cyclic amide) rings is 1. The van der Waals surface area contributed by atoms with E-state index >= 15 is 0 Å². The summed E-state index contributed by atoms with van der Waals surface area (Å²) in [6, 6.07) is 5.41. The van der Waals surface area contributed by atoms with Gasteiger partial charge in [-0.05, 0) is 31.2 Å². The van der Waals surface area contributed by atoms with Crippen LogP contribution in [0.3, 0.4) is 0 Å². The zero-order chi connectivity index (χ0) is 24.1. The minimum atomic E-state index is -1.50. The first-order valence-electron chi connectivity index (χ1n) is 9.95. The fourth-order valence-electron chi connectivity index (χ4n) is 3.61. The summed E-state index contributed by atoms with van der Waals surface area (Å²) in [5, 5.41) is 33.4. The average Bonchev–Trinajstić information content (AvgIpc) is 3.22. The number of amides is 1. The third-order valence-corrected chi connectivity index (χ3v) is 7.69. The molecule has 14 heteroatoms. The van der Waals surface area contributed by atoms with E-state index < -0.39 is 12.2 Å². The molecular weight excluding hydrogens is 484 g/mol. The topological polar surface area (TPSA) is 176 Å². The number of carbonyl (C=O) groups is 2. The summed E-state index contributed by atoms with van der Waals surface area (Å²) in [6.07, 6.45) is -1.50. The molecule has 0 unspecified atom stereocenters. The van der Waals surface area contributed by atoms with E-state index in [-0.39, 0.29) is 28.7 Å². The van der Waals surface area contributed by atoms with Gasteiger partial charge in [0.2, 0.25) is 11.8 Å². The molecule has 4 heterocycles. The van der Waals surface area contributed by atoms with Crippen molar-refractivity contribution in [2.24, 2.45) is 5.73 Å². The first-order chi connectivity index (χ1) is 16.2. The molecule has 1 saturated heterocycles. The zero-order valence-corrected chi connectivity index (χ0v) is 19.2. The lowest BCUT2D eigenvalue weighted by molar-refractivity contribution is -0.144. The Hall–Kier alpha value is -3.49. The molecule has 2 aromatic heterocycles. The smallest absolute Gasteiger partial charge is 0.504 e. The molecule has 1 amide bonds. The van der Waals surface area contributed by atoms with Crippen molar-refractivity contribution in [3.63, 3.8) is 0 Å². The Morgan fingerprint density at radius 2 is 2.09 bits per heavy atom. The molecule has 1 fully saturated rings. The summed E-state index contributed by atoms with van der Waals surface area (Å²) >= 11 is 2.82. The number of hydrogen-bond acceptors (Lipinski definition) is 11. The lowest BCUT2D eigenvalue weighted by atomic mass is 10.1. The minimum absolute atomic E-state index is 0.0105. The maximum atomic E-state index is 12.2. The predicted octanol–water partition coefficient (Wildman–Crippen LogP) is 1.75. The summed E-state index contributed by atoms with van der Waals surface area (Å²) in [6.45, 7) is 1.81. The van der Waals surface area contributed by atoms with Gasteiger partial charge in [0.1, 0.15) is 16.4 Å². The summed E-state index contributed by atoms with van der Waals surface area (Å²) < 4.78 is 6.51. The van der Waals surface area contributed by atoms with E-state index in [4.69, 9.17) is 10.5 Å². The molecule has 2 atom stereocenters. The maximum absolute atomic E-state index is 12.2. The van der Waals surface area contributed by atoms with Crippen molar-refractivity contribution in [3.05, 3.63) is 41.4 Å². The van der Waals surface area contributed by atoms with Crippen LogP contribution in [0.1, 0.15) is 5.69 Å². The molecule has 5 N–H and O–H groups in total. The Kier molecular flexibility index (Phi) is 5.50. The van der Waals surface area contributed by atoms with Gasteiger partial charge in [-0.1, -0.05) is 0 Å². The summed E-state index contributed by atoms with van der Waals surface area (Å²) in [5.74, 6) is 0.521. The van der Waals surface area contributed by atoms with Gasteiger partial charge in [0.25, 0.3) is 5.78 Å². The van der Waals surface area contributed by atoms with Crippen LogP contribution in [0.2, 0.25) is 0 Å². The number of nitrogens with two attached hydrogens (primary N) is 1. The SMILES string of the molecule is Cc1cc(SCC2=C(OC(=O)O)N3C(=O)[C@@H](N)[C@H]3SC2)n2nc(-c3ccc(O)c(O)c3)nc2n1. The first-order valence-corrected chi connectivity index (χ1v) is 12.0. The molecule has 0 aliphatic carbocycles. The van der Waals surface area contributed by atoms with E-state index in [0.717, 1.165) is 0 Å². The molecule has 0 radical (unpaired) electrons. The molecule has 5 rings (SSSR count). The van der Waals surface area contributed by atoms with Gasteiger partial charge in [-0.2, -0.15) is 9.50 Å². The van der Waals surface area contributed by atoms with Crippen LogP contribution < -0.4 is 5.73 Å². The van der Waals surface area contributed by atoms with Crippen LogP contribution in [-0.2, 0) is 9.53 Å². The Morgan fingerprint density at radius 1 is 1.29 bits per heavy atom. The standard InChI is InChI=1S/C20H18N6O6S2/c1-8-4-13(26-19(22-8)23-15(24-26)9-2-3-11(27)12(28)5-9)33-6-10-7-34-18-14(21)16(29)25(18)17(10)32-20(30)31/h2-5,14,18,27-28H,6-7,21H2,1H3,(H,30,31)/t14-,18-/m1/s1. The van der Waals surface area contributed by atoms with Gasteiger partial charge in [-0.3, -0.25) is 9.69 Å². The summed E-state index contributed by atoms with van der Waals surface area (Å²) in [4.78, 5) is 33.6. The van der Waals surface area contributed by atoms with E-state index in [2.05, 4.69) is 15.1 Å². The molecule has 0 bridgehead atoms. The van der Waals surface area contributed by atoms with E-state index in [0.29, 0.717) is 45.0 Å². The number of ether oxygens (including phenoxy) is 1. The highest BCUT2D eigenvalue weighted by Gasteiger charge is 2.51. The van der Waals surface area contributed by atoms with Crippen LogP contribution in [0, 0.1) is 6.92 Å². The number of aromatic hydroxyl groups is 2. The molecular formula is C20H18N6O6S2.